The quantitative estimate of drug-likeness (QED) is 0.189. The molecule has 1 aromatic carbocycles. The van der Waals surface area contributed by atoms with Crippen molar-refractivity contribution in [1.82, 2.24) is 0 Å². The van der Waals surface area contributed by atoms with Crippen molar-refractivity contribution in [2.75, 3.05) is 11.4 Å². The highest BCUT2D eigenvalue weighted by Gasteiger charge is 2.20. The average Bonchev–Trinajstić information content (AvgIpc) is 2.70. The predicted molar refractivity (Wildman–Crippen MR) is 141 cm³/mol. The van der Waals surface area contributed by atoms with Gasteiger partial charge in [0.1, 0.15) is 0 Å². The second kappa shape index (κ2) is 15.8. The number of thiocarbonyl (C=S) groups is 1. The van der Waals surface area contributed by atoms with Crippen molar-refractivity contribution in [3.63, 3.8) is 0 Å². The van der Waals surface area contributed by atoms with Crippen LogP contribution >= 0.6 is 12.2 Å². The zero-order chi connectivity index (χ0) is 22.4. The molecule has 0 saturated carbocycles. The van der Waals surface area contributed by atoms with Gasteiger partial charge in [0, 0.05) is 12.2 Å². The fourth-order valence-corrected chi connectivity index (χ4v) is 4.54. The lowest BCUT2D eigenvalue weighted by atomic mass is 9.91. The molecule has 2 heteroatoms. The van der Waals surface area contributed by atoms with Gasteiger partial charge in [-0.05, 0) is 36.3 Å². The summed E-state index contributed by atoms with van der Waals surface area (Å²) < 4.78 is 0. The van der Waals surface area contributed by atoms with Crippen molar-refractivity contribution >= 4 is 22.9 Å². The Balaban J connectivity index is 2.45. The van der Waals surface area contributed by atoms with Gasteiger partial charge in [-0.3, -0.25) is 0 Å². The van der Waals surface area contributed by atoms with Crippen LogP contribution in [0.5, 0.6) is 0 Å². The third-order valence-electron chi connectivity index (χ3n) is 6.23. The molecule has 0 saturated heterocycles. The molecule has 0 atom stereocenters. The molecular formula is C28H49NS. The Morgan fingerprint density at radius 2 is 1.13 bits per heavy atom. The number of para-hydroxylation sites is 1. The fraction of sp³-hybridized carbons (Fsp3) is 0.750. The summed E-state index contributed by atoms with van der Waals surface area (Å²) in [7, 11) is 0. The van der Waals surface area contributed by atoms with Gasteiger partial charge in [-0.1, -0.05) is 136 Å². The highest BCUT2D eigenvalue weighted by Crippen LogP contribution is 2.36. The van der Waals surface area contributed by atoms with E-state index in [-0.39, 0.29) is 0 Å². The molecule has 1 rings (SSSR count). The summed E-state index contributed by atoms with van der Waals surface area (Å²) in [6.07, 6.45) is 16.7. The van der Waals surface area contributed by atoms with Gasteiger partial charge in [-0.15, -0.1) is 0 Å². The van der Waals surface area contributed by atoms with Crippen LogP contribution in [0.25, 0.3) is 0 Å². The maximum absolute atomic E-state index is 5.70. The third-order valence-corrected chi connectivity index (χ3v) is 6.45. The molecule has 0 radical (unpaired) electrons. The van der Waals surface area contributed by atoms with Gasteiger partial charge in [0.05, 0.1) is 4.99 Å². The molecule has 1 aromatic rings. The number of anilines is 1. The molecule has 0 aromatic heterocycles. The van der Waals surface area contributed by atoms with Crippen LogP contribution in [0.2, 0.25) is 0 Å². The minimum Gasteiger partial charge on any atom is -0.336 e. The van der Waals surface area contributed by atoms with E-state index in [0.717, 1.165) is 11.5 Å². The number of unbranched alkanes of at least 4 members (excludes halogenated alkanes) is 11. The number of rotatable bonds is 16. The summed E-state index contributed by atoms with van der Waals surface area (Å²) in [5, 5.41) is 0. The molecule has 0 spiro atoms. The van der Waals surface area contributed by atoms with Crippen LogP contribution in [0.15, 0.2) is 18.2 Å². The zero-order valence-corrected chi connectivity index (χ0v) is 21.8. The van der Waals surface area contributed by atoms with Crippen LogP contribution in [-0.2, 0) is 0 Å². The van der Waals surface area contributed by atoms with Gasteiger partial charge in [0.2, 0.25) is 0 Å². The average molecular weight is 432 g/mol. The van der Waals surface area contributed by atoms with E-state index >= 15 is 0 Å². The Morgan fingerprint density at radius 3 is 1.50 bits per heavy atom. The van der Waals surface area contributed by atoms with Crippen molar-refractivity contribution < 1.29 is 0 Å². The van der Waals surface area contributed by atoms with Gasteiger partial charge < -0.3 is 4.90 Å². The van der Waals surface area contributed by atoms with Crippen molar-refractivity contribution in [1.29, 1.82) is 0 Å². The number of nitrogens with zero attached hydrogens (tertiary/aromatic N) is 1. The van der Waals surface area contributed by atoms with Gasteiger partial charge >= 0.3 is 0 Å². The van der Waals surface area contributed by atoms with Gasteiger partial charge in [0.15, 0.2) is 0 Å². The molecular weight excluding hydrogens is 382 g/mol. The van der Waals surface area contributed by atoms with E-state index in [2.05, 4.69) is 64.6 Å². The van der Waals surface area contributed by atoms with Gasteiger partial charge in [0.25, 0.3) is 0 Å². The first-order chi connectivity index (χ1) is 14.4. The van der Waals surface area contributed by atoms with E-state index in [4.69, 9.17) is 12.2 Å². The molecule has 0 aliphatic heterocycles. The van der Waals surface area contributed by atoms with Gasteiger partial charge in [-0.25, -0.2) is 0 Å². The van der Waals surface area contributed by atoms with Crippen molar-refractivity contribution in [3.8, 4) is 0 Å². The molecule has 1 nitrogen and oxygen atoms in total. The molecule has 0 heterocycles. The standard InChI is InChI=1S/C28H49NS/c1-7-8-9-10-11-12-13-14-15-16-17-18-22-29(25(6)30)28-26(23(2)3)20-19-21-27(28)24(4)5/h19-21,23-24H,7-18,22H2,1-6H3. The Bertz CT molecular complexity index is 564. The second-order valence-electron chi connectivity index (χ2n) is 9.65. The predicted octanol–water partition coefficient (Wildman–Crippen LogP) is 9.79. The minimum absolute atomic E-state index is 0.512. The van der Waals surface area contributed by atoms with E-state index in [1.54, 1.807) is 0 Å². The van der Waals surface area contributed by atoms with Crippen molar-refractivity contribution in [2.45, 2.75) is 130 Å². The molecule has 0 N–H and O–H groups in total. The summed E-state index contributed by atoms with van der Waals surface area (Å²) in [4.78, 5) is 3.43. The number of hydrogen-bond donors (Lipinski definition) is 0. The first kappa shape index (κ1) is 27.1. The van der Waals surface area contributed by atoms with Crippen LogP contribution in [0.4, 0.5) is 5.69 Å². The molecule has 0 amide bonds. The normalized spacial score (nSPS) is 11.5. The Hall–Kier alpha value is -0.890. The fourth-order valence-electron chi connectivity index (χ4n) is 4.36. The van der Waals surface area contributed by atoms with Crippen LogP contribution in [0.1, 0.15) is 142 Å². The highest BCUT2D eigenvalue weighted by molar-refractivity contribution is 7.80. The van der Waals surface area contributed by atoms with E-state index in [1.165, 1.54) is 93.9 Å². The largest absolute Gasteiger partial charge is 0.336 e. The first-order valence-electron chi connectivity index (χ1n) is 12.8. The van der Waals surface area contributed by atoms with Crippen molar-refractivity contribution in [2.24, 2.45) is 0 Å². The molecule has 0 bridgehead atoms. The molecule has 172 valence electrons. The smallest absolute Gasteiger partial charge is 0.0792 e. The zero-order valence-electron chi connectivity index (χ0n) is 20.9. The molecule has 0 unspecified atom stereocenters. The topological polar surface area (TPSA) is 3.24 Å². The Morgan fingerprint density at radius 1 is 0.733 bits per heavy atom. The first-order valence-corrected chi connectivity index (χ1v) is 13.2. The Labute approximate surface area is 194 Å². The van der Waals surface area contributed by atoms with Crippen LogP contribution in [-0.4, -0.2) is 11.5 Å². The summed E-state index contributed by atoms with van der Waals surface area (Å²) >= 11 is 5.70. The molecule has 0 aliphatic rings. The highest BCUT2D eigenvalue weighted by atomic mass is 32.1. The summed E-state index contributed by atoms with van der Waals surface area (Å²) in [6.45, 7) is 14.6. The summed E-state index contributed by atoms with van der Waals surface area (Å²) in [5.74, 6) is 1.02. The lowest BCUT2D eigenvalue weighted by molar-refractivity contribution is 0.545. The van der Waals surface area contributed by atoms with Crippen molar-refractivity contribution in [3.05, 3.63) is 29.3 Å². The molecule has 30 heavy (non-hydrogen) atoms. The summed E-state index contributed by atoms with van der Waals surface area (Å²) in [6, 6.07) is 6.80. The van der Waals surface area contributed by atoms with Crippen LogP contribution < -0.4 is 4.90 Å². The second-order valence-corrected chi connectivity index (χ2v) is 10.2. The van der Waals surface area contributed by atoms with Crippen LogP contribution in [0.3, 0.4) is 0 Å². The third kappa shape index (κ3) is 9.94. The number of benzene rings is 1. The van der Waals surface area contributed by atoms with E-state index < -0.39 is 0 Å². The van der Waals surface area contributed by atoms with E-state index in [0.29, 0.717) is 11.8 Å². The molecule has 0 aliphatic carbocycles. The maximum Gasteiger partial charge on any atom is 0.0792 e. The van der Waals surface area contributed by atoms with Gasteiger partial charge in [-0.2, -0.15) is 0 Å². The maximum atomic E-state index is 5.70. The SMILES string of the molecule is CCCCCCCCCCCCCCN(C(C)=S)c1c(C(C)C)cccc1C(C)C. The monoisotopic (exact) mass is 431 g/mol. The van der Waals surface area contributed by atoms with E-state index in [1.807, 2.05) is 0 Å². The lowest BCUT2D eigenvalue weighted by Gasteiger charge is -2.31. The Kier molecular flexibility index (Phi) is 14.3. The van der Waals surface area contributed by atoms with E-state index in [9.17, 15) is 0 Å². The number of hydrogen-bond acceptors (Lipinski definition) is 1. The lowest BCUT2D eigenvalue weighted by Crippen LogP contribution is -2.30. The van der Waals surface area contributed by atoms with Crippen LogP contribution in [0, 0.1) is 0 Å². The summed E-state index contributed by atoms with van der Waals surface area (Å²) in [5.41, 5.74) is 4.26. The molecule has 0 fully saturated rings. The minimum atomic E-state index is 0.512.